The van der Waals surface area contributed by atoms with Crippen molar-refractivity contribution in [2.24, 2.45) is 5.73 Å². The number of hydrogen-bond acceptors (Lipinski definition) is 2. The maximum atomic E-state index is 14.5. The topological polar surface area (TPSA) is 29.3 Å². The Labute approximate surface area is 125 Å². The summed E-state index contributed by atoms with van der Waals surface area (Å²) in [5.41, 5.74) is 9.58. The van der Waals surface area contributed by atoms with Gasteiger partial charge >= 0.3 is 0 Å². The third-order valence-corrected chi connectivity index (χ3v) is 4.23. The van der Waals surface area contributed by atoms with E-state index in [0.717, 1.165) is 24.1 Å². The molecule has 0 amide bonds. The largest absolute Gasteiger partial charge is 0.336 e. The fourth-order valence-electron chi connectivity index (χ4n) is 3.12. The molecular formula is C18H21FN2. The first-order valence-corrected chi connectivity index (χ1v) is 7.56. The number of halogens is 1. The van der Waals surface area contributed by atoms with Gasteiger partial charge in [0.2, 0.25) is 0 Å². The number of para-hydroxylation sites is 1. The Balaban J connectivity index is 2.03. The average Bonchev–Trinajstić information content (AvgIpc) is 2.49. The molecule has 0 aromatic heterocycles. The second-order valence-electron chi connectivity index (χ2n) is 5.71. The summed E-state index contributed by atoms with van der Waals surface area (Å²) in [5, 5.41) is 0. The van der Waals surface area contributed by atoms with Gasteiger partial charge in [0, 0.05) is 11.7 Å². The zero-order valence-electron chi connectivity index (χ0n) is 12.3. The maximum Gasteiger partial charge on any atom is 0.147 e. The number of fused-ring (bicyclic) bond motifs is 1. The molecule has 0 spiro atoms. The molecule has 1 aliphatic rings. The Morgan fingerprint density at radius 1 is 1.19 bits per heavy atom. The normalized spacial score (nSPS) is 17.7. The molecule has 2 aromatic carbocycles. The lowest BCUT2D eigenvalue weighted by Gasteiger charge is -2.37. The third kappa shape index (κ3) is 2.66. The van der Waals surface area contributed by atoms with Crippen molar-refractivity contribution in [3.8, 4) is 0 Å². The molecule has 0 saturated heterocycles. The molecule has 2 nitrogen and oxygen atoms in total. The molecule has 1 unspecified atom stereocenters. The quantitative estimate of drug-likeness (QED) is 0.929. The Kier molecular flexibility index (Phi) is 3.93. The van der Waals surface area contributed by atoms with Gasteiger partial charge in [-0.25, -0.2) is 4.39 Å². The molecule has 0 radical (unpaired) electrons. The Morgan fingerprint density at radius 2 is 2.00 bits per heavy atom. The minimum atomic E-state index is -0.162. The van der Waals surface area contributed by atoms with Crippen LogP contribution in [0.25, 0.3) is 0 Å². The van der Waals surface area contributed by atoms with Crippen LogP contribution in [0, 0.1) is 5.82 Å². The first-order valence-electron chi connectivity index (χ1n) is 7.56. The van der Waals surface area contributed by atoms with Gasteiger partial charge in [0.05, 0.1) is 5.69 Å². The molecule has 21 heavy (non-hydrogen) atoms. The van der Waals surface area contributed by atoms with Crippen molar-refractivity contribution < 1.29 is 4.39 Å². The van der Waals surface area contributed by atoms with Gasteiger partial charge in [-0.15, -0.1) is 0 Å². The Hall–Kier alpha value is -1.87. The van der Waals surface area contributed by atoms with E-state index >= 15 is 0 Å². The van der Waals surface area contributed by atoms with Crippen LogP contribution in [0.5, 0.6) is 0 Å². The molecule has 2 N–H and O–H groups in total. The first kappa shape index (κ1) is 14.1. The number of nitrogens with zero attached hydrogens (tertiary/aromatic N) is 1. The van der Waals surface area contributed by atoms with Crippen molar-refractivity contribution in [2.75, 3.05) is 11.4 Å². The second kappa shape index (κ2) is 5.86. The molecule has 3 rings (SSSR count). The van der Waals surface area contributed by atoms with Crippen molar-refractivity contribution in [3.05, 3.63) is 59.4 Å². The van der Waals surface area contributed by atoms with E-state index in [1.165, 1.54) is 5.56 Å². The number of nitrogens with two attached hydrogens (primary N) is 1. The van der Waals surface area contributed by atoms with Crippen molar-refractivity contribution in [3.63, 3.8) is 0 Å². The predicted molar refractivity (Wildman–Crippen MR) is 85.5 cm³/mol. The van der Waals surface area contributed by atoms with Crippen LogP contribution in [0.1, 0.15) is 24.5 Å². The van der Waals surface area contributed by atoms with E-state index in [2.05, 4.69) is 24.0 Å². The number of hydrogen-bond donors (Lipinski definition) is 1. The van der Waals surface area contributed by atoms with E-state index < -0.39 is 0 Å². The summed E-state index contributed by atoms with van der Waals surface area (Å²) in [6.07, 6.45) is 2.81. The summed E-state index contributed by atoms with van der Waals surface area (Å²) < 4.78 is 14.5. The lowest BCUT2D eigenvalue weighted by Crippen LogP contribution is -2.33. The monoisotopic (exact) mass is 284 g/mol. The first-order chi connectivity index (χ1) is 10.2. The molecule has 0 aliphatic carbocycles. The lowest BCUT2D eigenvalue weighted by atomic mass is 9.95. The van der Waals surface area contributed by atoms with Crippen molar-refractivity contribution in [2.45, 2.75) is 32.2 Å². The minimum absolute atomic E-state index is 0.162. The van der Waals surface area contributed by atoms with E-state index in [-0.39, 0.29) is 5.82 Å². The van der Waals surface area contributed by atoms with Gasteiger partial charge in [-0.2, -0.15) is 0 Å². The minimum Gasteiger partial charge on any atom is -0.336 e. The smallest absolute Gasteiger partial charge is 0.147 e. The fourth-order valence-corrected chi connectivity index (χ4v) is 3.12. The van der Waals surface area contributed by atoms with Crippen LogP contribution in [-0.4, -0.2) is 12.6 Å². The molecule has 0 bridgehead atoms. The highest BCUT2D eigenvalue weighted by Gasteiger charge is 2.25. The Bertz CT molecular complexity index is 639. The van der Waals surface area contributed by atoms with E-state index in [4.69, 9.17) is 5.73 Å². The standard InChI is InChI=1S/C18H21FN2/c1-13-6-8-15-4-2-3-5-17(15)21(13)18-9-7-14(10-11-20)12-16(18)19/h2-5,7,9,12-13H,6,8,10-11,20H2,1H3. The molecule has 0 saturated carbocycles. The summed E-state index contributed by atoms with van der Waals surface area (Å²) in [6, 6.07) is 14.1. The molecule has 0 fully saturated rings. The number of benzene rings is 2. The molecule has 1 aliphatic heterocycles. The van der Waals surface area contributed by atoms with Gasteiger partial charge in [-0.05, 0) is 62.1 Å². The van der Waals surface area contributed by atoms with Crippen LogP contribution in [0.15, 0.2) is 42.5 Å². The van der Waals surface area contributed by atoms with Gasteiger partial charge in [0.1, 0.15) is 5.82 Å². The summed E-state index contributed by atoms with van der Waals surface area (Å²) in [5.74, 6) is -0.162. The van der Waals surface area contributed by atoms with Crippen molar-refractivity contribution >= 4 is 11.4 Å². The number of anilines is 2. The highest BCUT2D eigenvalue weighted by molar-refractivity contribution is 5.69. The highest BCUT2D eigenvalue weighted by Crippen LogP contribution is 2.38. The fraction of sp³-hybridized carbons (Fsp3) is 0.333. The summed E-state index contributed by atoms with van der Waals surface area (Å²) in [7, 11) is 0. The van der Waals surface area contributed by atoms with Crippen LogP contribution in [0.3, 0.4) is 0 Å². The number of rotatable bonds is 3. The zero-order chi connectivity index (χ0) is 14.8. The SMILES string of the molecule is CC1CCc2ccccc2N1c1ccc(CCN)cc1F. The predicted octanol–water partition coefficient (Wildman–Crippen LogP) is 3.80. The Morgan fingerprint density at radius 3 is 2.76 bits per heavy atom. The average molecular weight is 284 g/mol. The van der Waals surface area contributed by atoms with E-state index in [1.54, 1.807) is 6.07 Å². The molecular weight excluding hydrogens is 263 g/mol. The lowest BCUT2D eigenvalue weighted by molar-refractivity contribution is 0.583. The molecule has 110 valence electrons. The van der Waals surface area contributed by atoms with Crippen LogP contribution in [-0.2, 0) is 12.8 Å². The summed E-state index contributed by atoms with van der Waals surface area (Å²) in [4.78, 5) is 2.13. The van der Waals surface area contributed by atoms with E-state index in [1.807, 2.05) is 24.3 Å². The number of aryl methyl sites for hydroxylation is 1. The molecule has 1 heterocycles. The highest BCUT2D eigenvalue weighted by atomic mass is 19.1. The third-order valence-electron chi connectivity index (χ3n) is 4.23. The zero-order valence-corrected chi connectivity index (χ0v) is 12.3. The van der Waals surface area contributed by atoms with Gasteiger partial charge in [0.25, 0.3) is 0 Å². The van der Waals surface area contributed by atoms with Gasteiger partial charge in [-0.3, -0.25) is 0 Å². The molecule has 1 atom stereocenters. The van der Waals surface area contributed by atoms with Gasteiger partial charge in [-0.1, -0.05) is 24.3 Å². The van der Waals surface area contributed by atoms with Crippen LogP contribution in [0.4, 0.5) is 15.8 Å². The van der Waals surface area contributed by atoms with Crippen LogP contribution >= 0.6 is 0 Å². The van der Waals surface area contributed by atoms with Crippen molar-refractivity contribution in [1.29, 1.82) is 0 Å². The van der Waals surface area contributed by atoms with Crippen LogP contribution in [0.2, 0.25) is 0 Å². The van der Waals surface area contributed by atoms with Crippen LogP contribution < -0.4 is 10.6 Å². The van der Waals surface area contributed by atoms with Gasteiger partial charge in [0.15, 0.2) is 0 Å². The summed E-state index contributed by atoms with van der Waals surface area (Å²) >= 11 is 0. The van der Waals surface area contributed by atoms with E-state index in [0.29, 0.717) is 24.7 Å². The summed E-state index contributed by atoms with van der Waals surface area (Å²) in [6.45, 7) is 2.70. The van der Waals surface area contributed by atoms with Gasteiger partial charge < -0.3 is 10.6 Å². The second-order valence-corrected chi connectivity index (χ2v) is 5.71. The van der Waals surface area contributed by atoms with E-state index in [9.17, 15) is 4.39 Å². The molecule has 3 heteroatoms. The van der Waals surface area contributed by atoms with Crippen molar-refractivity contribution in [1.82, 2.24) is 0 Å². The maximum absolute atomic E-state index is 14.5. The molecule has 2 aromatic rings.